The highest BCUT2D eigenvalue weighted by Gasteiger charge is 2.37. The molecule has 1 aromatic rings. The summed E-state index contributed by atoms with van der Waals surface area (Å²) < 4.78 is 10.9. The average Bonchev–Trinajstić information content (AvgIpc) is 3.83. The van der Waals surface area contributed by atoms with Gasteiger partial charge in [-0.2, -0.15) is 0 Å². The van der Waals surface area contributed by atoms with Crippen molar-refractivity contribution in [2.45, 2.75) is 73.6 Å². The number of allylic oxidation sites excluding steroid dienone is 8. The van der Waals surface area contributed by atoms with Crippen LogP contribution in [0, 0.1) is 6.92 Å². The number of rotatable bonds is 13. The molecule has 5 heterocycles. The fraction of sp³-hybridized carbons (Fsp3) is 0.436. The molecule has 8 bridgehead atoms. The van der Waals surface area contributed by atoms with E-state index in [0.29, 0.717) is 64.5 Å². The molecule has 0 saturated carbocycles. The molecule has 1 aliphatic carbocycles. The lowest BCUT2D eigenvalue weighted by atomic mass is 9.95. The zero-order chi connectivity index (χ0) is 34.8. The van der Waals surface area contributed by atoms with Crippen molar-refractivity contribution in [3.8, 4) is 0 Å². The molecule has 0 radical (unpaired) electrons. The summed E-state index contributed by atoms with van der Waals surface area (Å²) in [7, 11) is 0. The molecule has 0 aromatic carbocycles. The van der Waals surface area contributed by atoms with Gasteiger partial charge in [-0.3, -0.25) is 4.79 Å². The van der Waals surface area contributed by atoms with Crippen molar-refractivity contribution in [2.24, 2.45) is 20.7 Å². The molecule has 4 aliphatic heterocycles. The number of aromatic nitrogens is 1. The minimum Gasteiger partial charge on any atom is -0.511 e. The SMILES string of the molecule is CCC1=C(C)C2=NC1=CC1=C(C)C3=C(O)CC(=C4N=C(C=c5[nH]c(c(CC)c5C)=C2)C(C)=C4CCC(=O)NCCOCCOCCN)C3=N1. The Balaban J connectivity index is 1.38. The molecule has 0 saturated heterocycles. The molecule has 0 unspecified atom stereocenters. The Morgan fingerprint density at radius 2 is 1.61 bits per heavy atom. The molecular formula is C39H48N6O4. The molecule has 1 amide bonds. The highest BCUT2D eigenvalue weighted by Crippen LogP contribution is 2.44. The summed E-state index contributed by atoms with van der Waals surface area (Å²) in [6.07, 6.45) is 9.22. The quantitative estimate of drug-likeness (QED) is 0.231. The third kappa shape index (κ3) is 6.65. The van der Waals surface area contributed by atoms with Gasteiger partial charge in [0.15, 0.2) is 0 Å². The lowest BCUT2D eigenvalue weighted by molar-refractivity contribution is -0.121. The first-order chi connectivity index (χ1) is 23.7. The van der Waals surface area contributed by atoms with Crippen LogP contribution in [-0.4, -0.2) is 72.6 Å². The van der Waals surface area contributed by atoms with E-state index in [1.165, 1.54) is 22.3 Å². The van der Waals surface area contributed by atoms with Gasteiger partial charge < -0.3 is 30.6 Å². The van der Waals surface area contributed by atoms with Crippen LogP contribution in [0.15, 0.2) is 82.9 Å². The first-order valence-corrected chi connectivity index (χ1v) is 17.5. The first-order valence-electron chi connectivity index (χ1n) is 17.5. The molecule has 258 valence electrons. The fourth-order valence-electron chi connectivity index (χ4n) is 7.25. The Morgan fingerprint density at radius 3 is 2.35 bits per heavy atom. The second-order valence-corrected chi connectivity index (χ2v) is 12.9. The van der Waals surface area contributed by atoms with Crippen molar-refractivity contribution >= 4 is 35.2 Å². The van der Waals surface area contributed by atoms with Gasteiger partial charge in [0.1, 0.15) is 5.76 Å². The zero-order valence-electron chi connectivity index (χ0n) is 29.6. The van der Waals surface area contributed by atoms with Crippen molar-refractivity contribution in [1.29, 1.82) is 0 Å². The van der Waals surface area contributed by atoms with Gasteiger partial charge in [-0.15, -0.1) is 0 Å². The highest BCUT2D eigenvalue weighted by molar-refractivity contribution is 6.26. The van der Waals surface area contributed by atoms with Gasteiger partial charge >= 0.3 is 0 Å². The Kier molecular flexibility index (Phi) is 10.3. The van der Waals surface area contributed by atoms with Gasteiger partial charge in [-0.25, -0.2) is 15.0 Å². The third-order valence-corrected chi connectivity index (χ3v) is 9.97. The summed E-state index contributed by atoms with van der Waals surface area (Å²) in [5.74, 6) is 0.244. The molecule has 5 aliphatic rings. The predicted octanol–water partition coefficient (Wildman–Crippen LogP) is 4.38. The minimum atomic E-state index is -0.0551. The Morgan fingerprint density at radius 1 is 0.898 bits per heavy atom. The number of hydrogen-bond acceptors (Lipinski definition) is 8. The van der Waals surface area contributed by atoms with Gasteiger partial charge in [0.25, 0.3) is 0 Å². The summed E-state index contributed by atoms with van der Waals surface area (Å²) >= 11 is 0. The van der Waals surface area contributed by atoms with Crippen molar-refractivity contribution in [3.63, 3.8) is 0 Å². The number of nitrogens with two attached hydrogens (primary N) is 1. The smallest absolute Gasteiger partial charge is 0.220 e. The number of aliphatic hydroxyl groups is 1. The number of aromatic amines is 1. The molecule has 5 N–H and O–H groups in total. The van der Waals surface area contributed by atoms with Crippen molar-refractivity contribution in [3.05, 3.63) is 89.8 Å². The summed E-state index contributed by atoms with van der Waals surface area (Å²) in [5, 5.41) is 16.3. The number of carbonyl (C=O) groups is 1. The first kappa shape index (κ1) is 34.5. The van der Waals surface area contributed by atoms with Crippen LogP contribution in [0.25, 0.3) is 12.2 Å². The molecule has 10 nitrogen and oxygen atoms in total. The number of nitrogens with one attached hydrogen (secondary N) is 2. The van der Waals surface area contributed by atoms with E-state index in [1.54, 1.807) is 0 Å². The van der Waals surface area contributed by atoms with E-state index in [4.69, 9.17) is 30.2 Å². The van der Waals surface area contributed by atoms with Crippen molar-refractivity contribution < 1.29 is 19.4 Å². The Labute approximate surface area is 288 Å². The summed E-state index contributed by atoms with van der Waals surface area (Å²) in [6.45, 7) is 15.5. The Bertz CT molecular complexity index is 2010. The minimum absolute atomic E-state index is 0.0551. The van der Waals surface area contributed by atoms with Crippen LogP contribution in [0.4, 0.5) is 0 Å². The number of H-pyrrole nitrogens is 1. The van der Waals surface area contributed by atoms with Crippen LogP contribution in [0.1, 0.15) is 71.4 Å². The van der Waals surface area contributed by atoms with Gasteiger partial charge in [0.05, 0.1) is 60.7 Å². The van der Waals surface area contributed by atoms with Gasteiger partial charge in [-0.05, 0) is 104 Å². The highest BCUT2D eigenvalue weighted by atomic mass is 16.5. The van der Waals surface area contributed by atoms with Crippen LogP contribution in [0.2, 0.25) is 0 Å². The molecule has 0 spiro atoms. The maximum atomic E-state index is 13.0. The van der Waals surface area contributed by atoms with E-state index in [-0.39, 0.29) is 5.91 Å². The normalized spacial score (nSPS) is 18.3. The summed E-state index contributed by atoms with van der Waals surface area (Å²) in [5.41, 5.74) is 19.9. The standard InChI is InChI=1S/C39H48N6O4/c1-7-25-21(3)29-18-31-23(5)27(9-10-36(47)41-12-14-49-16-15-48-13-11-40)38(44-31)28-17-35(46)37-24(6)32(45-39(28)37)20-34-26(8-2)22(4)30(43-34)19-33(25)42-29/h18-20,42,46H,7-17,40H2,1-6H3,(H,41,47). The lowest BCUT2D eigenvalue weighted by Crippen LogP contribution is -2.27. The number of ether oxygens (including phenoxy) is 2. The van der Waals surface area contributed by atoms with Crippen LogP contribution >= 0.6 is 0 Å². The van der Waals surface area contributed by atoms with E-state index in [0.717, 1.165) is 85.6 Å². The lowest BCUT2D eigenvalue weighted by Gasteiger charge is -2.11. The monoisotopic (exact) mass is 664 g/mol. The maximum Gasteiger partial charge on any atom is 0.220 e. The molecule has 0 fully saturated rings. The molecule has 0 atom stereocenters. The van der Waals surface area contributed by atoms with Gasteiger partial charge in [-0.1, -0.05) is 13.8 Å². The molecule has 6 rings (SSSR count). The molecule has 49 heavy (non-hydrogen) atoms. The number of carbonyl (C=O) groups excluding carboxylic acids is 1. The average molecular weight is 665 g/mol. The number of fused-ring (bicyclic) bond motifs is 5. The predicted molar refractivity (Wildman–Crippen MR) is 196 cm³/mol. The van der Waals surface area contributed by atoms with Gasteiger partial charge in [0, 0.05) is 47.8 Å². The van der Waals surface area contributed by atoms with Crippen LogP contribution in [0.5, 0.6) is 0 Å². The second-order valence-electron chi connectivity index (χ2n) is 12.9. The number of hydrogen-bond donors (Lipinski definition) is 4. The second kappa shape index (κ2) is 14.6. The largest absolute Gasteiger partial charge is 0.511 e. The van der Waals surface area contributed by atoms with Crippen LogP contribution in [-0.2, 0) is 20.7 Å². The summed E-state index contributed by atoms with van der Waals surface area (Å²) in [4.78, 5) is 32.1. The Hall–Kier alpha value is -4.38. The van der Waals surface area contributed by atoms with Crippen molar-refractivity contribution in [2.75, 3.05) is 39.5 Å². The van der Waals surface area contributed by atoms with Crippen molar-refractivity contribution in [1.82, 2.24) is 10.3 Å². The zero-order valence-corrected chi connectivity index (χ0v) is 29.6. The summed E-state index contributed by atoms with van der Waals surface area (Å²) in [6, 6.07) is 0. The van der Waals surface area contributed by atoms with Gasteiger partial charge in [0.2, 0.25) is 5.91 Å². The fourth-order valence-corrected chi connectivity index (χ4v) is 7.25. The molecular weight excluding hydrogens is 616 g/mol. The molecule has 1 aromatic heterocycles. The maximum absolute atomic E-state index is 13.0. The molecule has 10 heteroatoms. The van der Waals surface area contributed by atoms with E-state index in [2.05, 4.69) is 63.1 Å². The van der Waals surface area contributed by atoms with E-state index in [1.807, 2.05) is 6.92 Å². The topological polar surface area (TPSA) is 147 Å². The third-order valence-electron chi connectivity index (χ3n) is 9.97. The number of aliphatic hydroxyl groups excluding tert-OH is 1. The number of nitrogens with zero attached hydrogens (tertiary/aromatic N) is 3. The van der Waals surface area contributed by atoms with E-state index < -0.39 is 0 Å². The number of aliphatic imine (C=N–C) groups is 3. The number of amides is 1. The van der Waals surface area contributed by atoms with Crippen LogP contribution < -0.4 is 21.7 Å². The van der Waals surface area contributed by atoms with E-state index >= 15 is 0 Å². The van der Waals surface area contributed by atoms with E-state index in [9.17, 15) is 9.90 Å². The van der Waals surface area contributed by atoms with Crippen LogP contribution in [0.3, 0.4) is 0 Å².